The van der Waals surface area contributed by atoms with Crippen LogP contribution in [0, 0.1) is 5.92 Å². The van der Waals surface area contributed by atoms with Gasteiger partial charge in [0.15, 0.2) is 0 Å². The quantitative estimate of drug-likeness (QED) is 0.266. The van der Waals surface area contributed by atoms with E-state index in [9.17, 15) is 14.7 Å². The van der Waals surface area contributed by atoms with Crippen LogP contribution in [0.5, 0.6) is 5.75 Å². The fourth-order valence-corrected chi connectivity index (χ4v) is 4.39. The number of ether oxygens (including phenoxy) is 4. The molecular weight excluding hydrogens is 502 g/mol. The van der Waals surface area contributed by atoms with Gasteiger partial charge in [-0.1, -0.05) is 13.0 Å². The van der Waals surface area contributed by atoms with Gasteiger partial charge in [0.05, 0.1) is 52.0 Å². The van der Waals surface area contributed by atoms with E-state index in [1.807, 2.05) is 18.2 Å². The van der Waals surface area contributed by atoms with Crippen LogP contribution < -0.4 is 4.74 Å². The number of nitrogens with zero attached hydrogens (tertiary/aromatic N) is 3. The molecule has 0 aliphatic carbocycles. The van der Waals surface area contributed by atoms with Gasteiger partial charge in [0.2, 0.25) is 5.91 Å². The number of aromatic nitrogens is 2. The maximum Gasteiger partial charge on any atom is 0.304 e. The van der Waals surface area contributed by atoms with Crippen LogP contribution in [0.15, 0.2) is 36.7 Å². The number of aliphatic carboxylic acids is 1. The van der Waals surface area contributed by atoms with E-state index in [0.717, 1.165) is 55.0 Å². The standard InChI is InChI=1S/C29H41N3O7/c1-2-12-36-15-17-38-18-16-37-14-11-32-22-25-20-26(39-13-4-3-6-27-30-9-5-10-31-27)8-7-23(25)19-24(29(32)35)21-28(33)34/h5,7-10,20,24H,2-4,6,11-19,21-22H2,1H3,(H,33,34)/t24-/m0/s1. The highest BCUT2D eigenvalue weighted by Gasteiger charge is 2.31. The minimum Gasteiger partial charge on any atom is -0.494 e. The summed E-state index contributed by atoms with van der Waals surface area (Å²) in [6, 6.07) is 7.62. The van der Waals surface area contributed by atoms with Crippen molar-refractivity contribution < 1.29 is 33.6 Å². The Labute approximate surface area is 230 Å². The fourth-order valence-electron chi connectivity index (χ4n) is 4.39. The molecule has 1 N–H and O–H groups in total. The number of unbranched alkanes of at least 4 members (excludes halogenated alkanes) is 1. The third kappa shape index (κ3) is 11.3. The molecule has 2 heterocycles. The smallest absolute Gasteiger partial charge is 0.304 e. The second kappa shape index (κ2) is 17.5. The lowest BCUT2D eigenvalue weighted by Gasteiger charge is -2.24. The number of fused-ring (bicyclic) bond motifs is 1. The summed E-state index contributed by atoms with van der Waals surface area (Å²) in [5.74, 6) is -0.176. The molecular formula is C29H41N3O7. The van der Waals surface area contributed by atoms with Crippen molar-refractivity contribution >= 4 is 11.9 Å². The molecule has 214 valence electrons. The molecule has 1 aliphatic heterocycles. The van der Waals surface area contributed by atoms with Crippen molar-refractivity contribution in [2.75, 3.05) is 52.8 Å². The Balaban J connectivity index is 1.48. The van der Waals surface area contributed by atoms with E-state index >= 15 is 0 Å². The van der Waals surface area contributed by atoms with Gasteiger partial charge in [0.25, 0.3) is 0 Å². The molecule has 2 aromatic rings. The predicted octanol–water partition coefficient (Wildman–Crippen LogP) is 3.31. The van der Waals surface area contributed by atoms with E-state index in [1.165, 1.54) is 0 Å². The number of hydrogen-bond donors (Lipinski definition) is 1. The Kier molecular flexibility index (Phi) is 13.7. The fraction of sp³-hybridized carbons (Fsp3) is 0.586. The monoisotopic (exact) mass is 543 g/mol. The van der Waals surface area contributed by atoms with Crippen LogP contribution in [0.1, 0.15) is 49.6 Å². The maximum absolute atomic E-state index is 13.2. The molecule has 0 saturated heterocycles. The van der Waals surface area contributed by atoms with Crippen molar-refractivity contribution in [3.05, 3.63) is 53.6 Å². The summed E-state index contributed by atoms with van der Waals surface area (Å²) < 4.78 is 22.5. The van der Waals surface area contributed by atoms with Crippen LogP contribution >= 0.6 is 0 Å². The van der Waals surface area contributed by atoms with Crippen molar-refractivity contribution in [2.45, 2.75) is 52.0 Å². The number of amides is 1. The maximum atomic E-state index is 13.2. The first-order chi connectivity index (χ1) is 19.1. The minimum absolute atomic E-state index is 0.160. The molecule has 0 unspecified atom stereocenters. The molecule has 0 spiro atoms. The van der Waals surface area contributed by atoms with Crippen LogP contribution in [0.3, 0.4) is 0 Å². The van der Waals surface area contributed by atoms with Gasteiger partial charge in [-0.15, -0.1) is 0 Å². The van der Waals surface area contributed by atoms with Crippen molar-refractivity contribution in [1.82, 2.24) is 14.9 Å². The molecule has 3 rings (SSSR count). The average Bonchev–Trinajstić information content (AvgIpc) is 3.05. The van der Waals surface area contributed by atoms with Crippen LogP contribution in [0.4, 0.5) is 0 Å². The first kappa shape index (κ1) is 30.5. The van der Waals surface area contributed by atoms with E-state index in [2.05, 4.69) is 16.9 Å². The SMILES string of the molecule is CCCOCCOCCOCCN1Cc2cc(OCCCCc3ncccn3)ccc2C[C@@H](CC(=O)O)C1=O. The molecule has 0 fully saturated rings. The highest BCUT2D eigenvalue weighted by atomic mass is 16.5. The Bertz CT molecular complexity index is 1010. The van der Waals surface area contributed by atoms with Gasteiger partial charge in [-0.05, 0) is 55.0 Å². The number of benzene rings is 1. The first-order valence-corrected chi connectivity index (χ1v) is 13.8. The number of carboxylic acids is 1. The van der Waals surface area contributed by atoms with Gasteiger partial charge in [-0.2, -0.15) is 0 Å². The topological polar surface area (TPSA) is 120 Å². The van der Waals surface area contributed by atoms with Crippen molar-refractivity contribution in [2.24, 2.45) is 5.92 Å². The molecule has 0 radical (unpaired) electrons. The van der Waals surface area contributed by atoms with Gasteiger partial charge < -0.3 is 29.0 Å². The summed E-state index contributed by atoms with van der Waals surface area (Å²) in [6.45, 7) is 6.42. The number of rotatable bonds is 19. The molecule has 10 heteroatoms. The molecule has 10 nitrogen and oxygen atoms in total. The molecule has 1 amide bonds. The Morgan fingerprint density at radius 1 is 0.974 bits per heavy atom. The Hall–Kier alpha value is -3.08. The highest BCUT2D eigenvalue weighted by Crippen LogP contribution is 2.28. The zero-order chi connectivity index (χ0) is 27.7. The number of hydrogen-bond acceptors (Lipinski definition) is 8. The number of carbonyl (C=O) groups excluding carboxylic acids is 1. The summed E-state index contributed by atoms with van der Waals surface area (Å²) in [5.41, 5.74) is 1.95. The molecule has 39 heavy (non-hydrogen) atoms. The summed E-state index contributed by atoms with van der Waals surface area (Å²) >= 11 is 0. The lowest BCUT2D eigenvalue weighted by atomic mass is 9.94. The van der Waals surface area contributed by atoms with Gasteiger partial charge >= 0.3 is 5.97 Å². The van der Waals surface area contributed by atoms with Gasteiger partial charge in [-0.25, -0.2) is 9.97 Å². The summed E-state index contributed by atoms with van der Waals surface area (Å²) in [5, 5.41) is 9.39. The number of aryl methyl sites for hydroxylation is 1. The van der Waals surface area contributed by atoms with E-state index in [-0.39, 0.29) is 12.3 Å². The van der Waals surface area contributed by atoms with Crippen molar-refractivity contribution in [3.63, 3.8) is 0 Å². The predicted molar refractivity (Wildman–Crippen MR) is 145 cm³/mol. The second-order valence-corrected chi connectivity index (χ2v) is 9.50. The van der Waals surface area contributed by atoms with Crippen molar-refractivity contribution in [3.8, 4) is 5.75 Å². The number of carboxylic acid groups (broad SMARTS) is 1. The molecule has 1 aromatic heterocycles. The third-order valence-corrected chi connectivity index (χ3v) is 6.37. The molecule has 0 bridgehead atoms. The zero-order valence-electron chi connectivity index (χ0n) is 22.9. The van der Waals surface area contributed by atoms with Gasteiger partial charge in [0.1, 0.15) is 11.6 Å². The summed E-state index contributed by atoms with van der Waals surface area (Å²) in [7, 11) is 0. The minimum atomic E-state index is -0.978. The Morgan fingerprint density at radius 3 is 2.41 bits per heavy atom. The first-order valence-electron chi connectivity index (χ1n) is 13.8. The average molecular weight is 544 g/mol. The van der Waals surface area contributed by atoms with E-state index in [0.29, 0.717) is 59.2 Å². The number of carbonyl (C=O) groups is 2. The van der Waals surface area contributed by atoms with E-state index in [4.69, 9.17) is 18.9 Å². The third-order valence-electron chi connectivity index (χ3n) is 6.37. The second-order valence-electron chi connectivity index (χ2n) is 9.50. The van der Waals surface area contributed by atoms with E-state index < -0.39 is 11.9 Å². The molecule has 0 saturated carbocycles. The molecule has 1 aliphatic rings. The van der Waals surface area contributed by atoms with Crippen LogP contribution in [0.25, 0.3) is 0 Å². The largest absolute Gasteiger partial charge is 0.494 e. The van der Waals surface area contributed by atoms with Gasteiger partial charge in [-0.3, -0.25) is 9.59 Å². The lowest BCUT2D eigenvalue weighted by Crippen LogP contribution is -2.37. The van der Waals surface area contributed by atoms with Gasteiger partial charge in [0, 0.05) is 38.5 Å². The zero-order valence-corrected chi connectivity index (χ0v) is 22.9. The molecule has 1 aromatic carbocycles. The molecule has 1 atom stereocenters. The van der Waals surface area contributed by atoms with Crippen LogP contribution in [0.2, 0.25) is 0 Å². The van der Waals surface area contributed by atoms with Crippen LogP contribution in [-0.4, -0.2) is 84.6 Å². The normalized spacial score (nSPS) is 15.2. The summed E-state index contributed by atoms with van der Waals surface area (Å²) in [4.78, 5) is 34.8. The van der Waals surface area contributed by atoms with Crippen molar-refractivity contribution in [1.29, 1.82) is 0 Å². The van der Waals surface area contributed by atoms with Crippen LogP contribution in [-0.2, 0) is 43.2 Å². The summed E-state index contributed by atoms with van der Waals surface area (Å²) in [6.07, 6.45) is 7.26. The Morgan fingerprint density at radius 2 is 1.69 bits per heavy atom. The highest BCUT2D eigenvalue weighted by molar-refractivity contribution is 5.84. The van der Waals surface area contributed by atoms with E-state index in [1.54, 1.807) is 23.4 Å². The lowest BCUT2D eigenvalue weighted by molar-refractivity contribution is -0.145.